The smallest absolute Gasteiger partial charge is 0.251 e. The van der Waals surface area contributed by atoms with Gasteiger partial charge < -0.3 is 10.2 Å². The second-order valence-corrected chi connectivity index (χ2v) is 8.84. The molecule has 0 radical (unpaired) electrons. The summed E-state index contributed by atoms with van der Waals surface area (Å²) in [5, 5.41) is 3.08. The Kier molecular flexibility index (Phi) is 8.66. The van der Waals surface area contributed by atoms with Crippen LogP contribution in [0.15, 0.2) is 91.0 Å². The lowest BCUT2D eigenvalue weighted by Gasteiger charge is -2.39. The van der Waals surface area contributed by atoms with Crippen LogP contribution >= 0.6 is 0 Å². The van der Waals surface area contributed by atoms with Crippen LogP contribution in [0.4, 0.5) is 0 Å². The predicted molar refractivity (Wildman–Crippen MR) is 141 cm³/mol. The van der Waals surface area contributed by atoms with Crippen LogP contribution < -0.4 is 5.32 Å². The van der Waals surface area contributed by atoms with Crippen LogP contribution in [0.25, 0.3) is 6.08 Å². The van der Waals surface area contributed by atoms with Crippen molar-refractivity contribution in [3.63, 3.8) is 0 Å². The summed E-state index contributed by atoms with van der Waals surface area (Å²) in [6, 6.07) is 29.7. The Labute approximate surface area is 203 Å². The van der Waals surface area contributed by atoms with Gasteiger partial charge >= 0.3 is 0 Å². The van der Waals surface area contributed by atoms with Gasteiger partial charge in [-0.3, -0.25) is 9.69 Å². The molecule has 1 amide bonds. The standard InChI is InChI=1S/C30H35N3O/c1-2-11-25-12-9-17-28(24-25)30(34)31-18-10-19-32-20-22-33(23-21-32)29(26-13-5-3-6-14-26)27-15-7-4-8-16-27/h2-9,11-17,24,29H,10,18-23H2,1H3,(H,31,34). The van der Waals surface area contributed by atoms with Crippen molar-refractivity contribution in [1.29, 1.82) is 0 Å². The van der Waals surface area contributed by atoms with Gasteiger partial charge in [-0.05, 0) is 48.7 Å². The monoisotopic (exact) mass is 453 g/mol. The maximum absolute atomic E-state index is 12.5. The van der Waals surface area contributed by atoms with Gasteiger partial charge in [0.2, 0.25) is 0 Å². The molecule has 1 N–H and O–H groups in total. The molecule has 1 aliphatic heterocycles. The minimum absolute atomic E-state index is 0.00439. The Balaban J connectivity index is 1.25. The van der Waals surface area contributed by atoms with Crippen molar-refractivity contribution < 1.29 is 4.79 Å². The van der Waals surface area contributed by atoms with Crippen LogP contribution in [-0.2, 0) is 0 Å². The third-order valence-electron chi connectivity index (χ3n) is 6.45. The molecule has 0 saturated carbocycles. The van der Waals surface area contributed by atoms with E-state index in [2.05, 4.69) is 75.8 Å². The number of carbonyl (C=O) groups is 1. The number of allylic oxidation sites excluding steroid dienone is 1. The van der Waals surface area contributed by atoms with Crippen molar-refractivity contribution in [2.45, 2.75) is 19.4 Å². The molecule has 4 rings (SSSR count). The highest BCUT2D eigenvalue weighted by Crippen LogP contribution is 2.29. The van der Waals surface area contributed by atoms with Gasteiger partial charge in [-0.2, -0.15) is 0 Å². The molecule has 1 heterocycles. The van der Waals surface area contributed by atoms with E-state index in [0.29, 0.717) is 12.6 Å². The van der Waals surface area contributed by atoms with Gasteiger partial charge in [-0.1, -0.05) is 84.9 Å². The number of carbonyl (C=O) groups excluding carboxylic acids is 1. The second kappa shape index (κ2) is 12.3. The fourth-order valence-corrected chi connectivity index (χ4v) is 4.71. The van der Waals surface area contributed by atoms with E-state index in [1.54, 1.807) is 0 Å². The van der Waals surface area contributed by atoms with E-state index in [4.69, 9.17) is 0 Å². The summed E-state index contributed by atoms with van der Waals surface area (Å²) in [5.41, 5.74) is 4.47. The molecule has 4 nitrogen and oxygen atoms in total. The zero-order valence-corrected chi connectivity index (χ0v) is 20.1. The molecule has 34 heavy (non-hydrogen) atoms. The molecule has 4 heteroatoms. The molecule has 1 fully saturated rings. The molecule has 1 aliphatic rings. The Hall–Kier alpha value is -3.21. The molecule has 0 aromatic heterocycles. The third kappa shape index (κ3) is 6.43. The molecule has 1 saturated heterocycles. The van der Waals surface area contributed by atoms with Gasteiger partial charge in [-0.15, -0.1) is 0 Å². The van der Waals surface area contributed by atoms with Crippen molar-refractivity contribution in [1.82, 2.24) is 15.1 Å². The van der Waals surface area contributed by atoms with Gasteiger partial charge in [0.05, 0.1) is 6.04 Å². The normalized spacial score (nSPS) is 15.1. The van der Waals surface area contributed by atoms with Gasteiger partial charge in [0.25, 0.3) is 5.91 Å². The van der Waals surface area contributed by atoms with Crippen molar-refractivity contribution in [2.75, 3.05) is 39.3 Å². The van der Waals surface area contributed by atoms with Gasteiger partial charge in [0, 0.05) is 38.3 Å². The number of nitrogens with zero attached hydrogens (tertiary/aromatic N) is 2. The zero-order valence-electron chi connectivity index (χ0n) is 20.1. The maximum atomic E-state index is 12.5. The highest BCUT2D eigenvalue weighted by molar-refractivity contribution is 5.94. The zero-order chi connectivity index (χ0) is 23.6. The lowest BCUT2D eigenvalue weighted by Crippen LogP contribution is -2.48. The minimum Gasteiger partial charge on any atom is -0.352 e. The van der Waals surface area contributed by atoms with Crippen molar-refractivity contribution in [2.24, 2.45) is 0 Å². The first kappa shape index (κ1) is 23.9. The predicted octanol–water partition coefficient (Wildman–Crippen LogP) is 5.25. The van der Waals surface area contributed by atoms with E-state index in [1.165, 1.54) is 11.1 Å². The number of amides is 1. The number of hydrogen-bond donors (Lipinski definition) is 1. The number of nitrogens with one attached hydrogen (secondary N) is 1. The molecule has 176 valence electrons. The Bertz CT molecular complexity index is 1020. The highest BCUT2D eigenvalue weighted by atomic mass is 16.1. The summed E-state index contributed by atoms with van der Waals surface area (Å²) in [6.45, 7) is 7.87. The SMILES string of the molecule is CC=Cc1cccc(C(=O)NCCCN2CCN(C(c3ccccc3)c3ccccc3)CC2)c1. The van der Waals surface area contributed by atoms with Crippen LogP contribution in [0.3, 0.4) is 0 Å². The maximum Gasteiger partial charge on any atom is 0.251 e. The van der Waals surface area contributed by atoms with Gasteiger partial charge in [-0.25, -0.2) is 0 Å². The summed E-state index contributed by atoms with van der Waals surface area (Å²) in [7, 11) is 0. The molecular weight excluding hydrogens is 418 g/mol. The van der Waals surface area contributed by atoms with Crippen molar-refractivity contribution in [3.8, 4) is 0 Å². The molecular formula is C30H35N3O. The molecule has 0 bridgehead atoms. The summed E-state index contributed by atoms with van der Waals surface area (Å²) >= 11 is 0. The quantitative estimate of drug-likeness (QED) is 0.450. The number of rotatable bonds is 9. The summed E-state index contributed by atoms with van der Waals surface area (Å²) in [6.07, 6.45) is 4.95. The molecule has 3 aromatic rings. The lowest BCUT2D eigenvalue weighted by atomic mass is 9.96. The first-order chi connectivity index (χ1) is 16.7. The first-order valence-corrected chi connectivity index (χ1v) is 12.3. The number of benzene rings is 3. The molecule has 0 aliphatic carbocycles. The van der Waals surface area contributed by atoms with Gasteiger partial charge in [0.1, 0.15) is 0 Å². The third-order valence-corrected chi connectivity index (χ3v) is 6.45. The fourth-order valence-electron chi connectivity index (χ4n) is 4.71. The van der Waals surface area contributed by atoms with E-state index in [1.807, 2.05) is 43.3 Å². The Morgan fingerprint density at radius 1 is 0.882 bits per heavy atom. The average Bonchev–Trinajstić information content (AvgIpc) is 2.89. The van der Waals surface area contributed by atoms with E-state index < -0.39 is 0 Å². The van der Waals surface area contributed by atoms with E-state index >= 15 is 0 Å². The molecule has 0 atom stereocenters. The first-order valence-electron chi connectivity index (χ1n) is 12.3. The minimum atomic E-state index is 0.00439. The van der Waals surface area contributed by atoms with Crippen LogP contribution in [0, 0.1) is 0 Å². The number of hydrogen-bond acceptors (Lipinski definition) is 3. The Morgan fingerprint density at radius 2 is 1.53 bits per heavy atom. The fraction of sp³-hybridized carbons (Fsp3) is 0.300. The van der Waals surface area contributed by atoms with Crippen LogP contribution in [0.1, 0.15) is 46.4 Å². The molecule has 0 spiro atoms. The largest absolute Gasteiger partial charge is 0.352 e. The molecule has 3 aromatic carbocycles. The summed E-state index contributed by atoms with van der Waals surface area (Å²) in [5.74, 6) is 0.00439. The van der Waals surface area contributed by atoms with Gasteiger partial charge in [0.15, 0.2) is 0 Å². The highest BCUT2D eigenvalue weighted by Gasteiger charge is 2.26. The van der Waals surface area contributed by atoms with E-state index in [9.17, 15) is 4.79 Å². The summed E-state index contributed by atoms with van der Waals surface area (Å²) in [4.78, 5) is 17.6. The van der Waals surface area contributed by atoms with Crippen LogP contribution in [-0.4, -0.2) is 55.0 Å². The van der Waals surface area contributed by atoms with E-state index in [-0.39, 0.29) is 5.91 Å². The van der Waals surface area contributed by atoms with Crippen molar-refractivity contribution >= 4 is 12.0 Å². The van der Waals surface area contributed by atoms with Crippen LogP contribution in [0.5, 0.6) is 0 Å². The average molecular weight is 454 g/mol. The van der Waals surface area contributed by atoms with Crippen LogP contribution in [0.2, 0.25) is 0 Å². The second-order valence-electron chi connectivity index (χ2n) is 8.84. The van der Waals surface area contributed by atoms with Crippen molar-refractivity contribution in [3.05, 3.63) is 113 Å². The summed E-state index contributed by atoms with van der Waals surface area (Å²) < 4.78 is 0. The Morgan fingerprint density at radius 3 is 2.15 bits per heavy atom. The van der Waals surface area contributed by atoms with E-state index in [0.717, 1.165) is 50.3 Å². The number of piperazine rings is 1. The topological polar surface area (TPSA) is 35.6 Å². The molecule has 0 unspecified atom stereocenters. The lowest BCUT2D eigenvalue weighted by molar-refractivity contribution is 0.0941.